The Morgan fingerprint density at radius 2 is 2.25 bits per heavy atom. The average Bonchev–Trinajstić information content (AvgIpc) is 2.75. The summed E-state index contributed by atoms with van der Waals surface area (Å²) in [6, 6.07) is 2.69. The Balaban J connectivity index is 2.31. The largest absolute Gasteiger partial charge is 0.491 e. The highest BCUT2D eigenvalue weighted by Gasteiger charge is 2.30. The van der Waals surface area contributed by atoms with Gasteiger partial charge in [-0.2, -0.15) is 0 Å². The zero-order valence-corrected chi connectivity index (χ0v) is 12.0. The van der Waals surface area contributed by atoms with E-state index in [4.69, 9.17) is 4.65 Å². The van der Waals surface area contributed by atoms with Crippen LogP contribution < -0.4 is 5.46 Å². The monoisotopic (exact) mass is 279 g/mol. The highest BCUT2D eigenvalue weighted by molar-refractivity contribution is 6.61. The molecule has 4 nitrogen and oxygen atoms in total. The number of rotatable bonds is 4. The van der Waals surface area contributed by atoms with Crippen molar-refractivity contribution >= 4 is 18.5 Å². The topological polar surface area (TPSA) is 49.8 Å². The molecule has 0 radical (unpaired) electrons. The van der Waals surface area contributed by atoms with Gasteiger partial charge in [0, 0.05) is 13.1 Å². The van der Waals surface area contributed by atoms with Crippen LogP contribution in [0.2, 0.25) is 0 Å². The van der Waals surface area contributed by atoms with Gasteiger partial charge >= 0.3 is 7.12 Å². The second kappa shape index (κ2) is 5.93. The van der Waals surface area contributed by atoms with Gasteiger partial charge in [-0.3, -0.25) is 4.79 Å². The van der Waals surface area contributed by atoms with Crippen molar-refractivity contribution in [3.05, 3.63) is 29.1 Å². The summed E-state index contributed by atoms with van der Waals surface area (Å²) in [5.41, 5.74) is 1.12. The molecule has 0 atom stereocenters. The molecule has 1 N–H and O–H groups in total. The summed E-state index contributed by atoms with van der Waals surface area (Å²) in [6.07, 6.45) is 0. The molecule has 1 aliphatic heterocycles. The van der Waals surface area contributed by atoms with E-state index in [0.717, 1.165) is 0 Å². The molecule has 0 saturated heterocycles. The van der Waals surface area contributed by atoms with E-state index < -0.39 is 12.9 Å². The van der Waals surface area contributed by atoms with Crippen LogP contribution in [0.25, 0.3) is 0 Å². The maximum Gasteiger partial charge on any atom is 0.491 e. The second-order valence-electron chi connectivity index (χ2n) is 5.43. The molecule has 0 aromatic heterocycles. The molecule has 2 rings (SSSR count). The SMILES string of the molecule is CCN(CC(C)C)C(=O)c1cc2c(cc1F)B(O)OC2. The number of halogens is 1. The van der Waals surface area contributed by atoms with Gasteiger partial charge in [0.25, 0.3) is 5.91 Å². The zero-order chi connectivity index (χ0) is 14.9. The van der Waals surface area contributed by atoms with Crippen molar-refractivity contribution in [2.75, 3.05) is 13.1 Å². The van der Waals surface area contributed by atoms with Gasteiger partial charge in [-0.25, -0.2) is 4.39 Å². The van der Waals surface area contributed by atoms with Crippen LogP contribution in [0, 0.1) is 11.7 Å². The predicted octanol–water partition coefficient (Wildman–Crippen LogP) is 1.16. The maximum absolute atomic E-state index is 14.1. The first-order valence-corrected chi connectivity index (χ1v) is 6.85. The molecule has 0 unspecified atom stereocenters. The van der Waals surface area contributed by atoms with Gasteiger partial charge in [0.15, 0.2) is 0 Å². The normalized spacial score (nSPS) is 13.8. The lowest BCUT2D eigenvalue weighted by atomic mass is 9.79. The molecule has 20 heavy (non-hydrogen) atoms. The summed E-state index contributed by atoms with van der Waals surface area (Å²) in [4.78, 5) is 14.0. The fourth-order valence-corrected chi connectivity index (χ4v) is 2.38. The minimum Gasteiger partial charge on any atom is -0.423 e. The van der Waals surface area contributed by atoms with Crippen molar-refractivity contribution in [2.45, 2.75) is 27.4 Å². The van der Waals surface area contributed by atoms with Crippen LogP contribution in [0.15, 0.2) is 12.1 Å². The molecule has 0 fully saturated rings. The number of carbonyl (C=O) groups excluding carboxylic acids is 1. The number of hydrogen-bond acceptors (Lipinski definition) is 3. The molecule has 0 bridgehead atoms. The molecule has 0 aliphatic carbocycles. The first-order valence-electron chi connectivity index (χ1n) is 6.85. The summed E-state index contributed by atoms with van der Waals surface area (Å²) in [7, 11) is -1.10. The molecule has 6 heteroatoms. The van der Waals surface area contributed by atoms with E-state index in [1.54, 1.807) is 4.90 Å². The average molecular weight is 279 g/mol. The zero-order valence-electron chi connectivity index (χ0n) is 12.0. The van der Waals surface area contributed by atoms with Crippen LogP contribution in [-0.4, -0.2) is 36.0 Å². The van der Waals surface area contributed by atoms with Crippen molar-refractivity contribution in [1.82, 2.24) is 4.90 Å². The lowest BCUT2D eigenvalue weighted by Crippen LogP contribution is -2.35. The van der Waals surface area contributed by atoms with E-state index in [9.17, 15) is 14.2 Å². The highest BCUT2D eigenvalue weighted by Crippen LogP contribution is 2.17. The lowest BCUT2D eigenvalue weighted by Gasteiger charge is -2.23. The van der Waals surface area contributed by atoms with Gasteiger partial charge in [-0.15, -0.1) is 0 Å². The van der Waals surface area contributed by atoms with Crippen LogP contribution in [-0.2, 0) is 11.3 Å². The van der Waals surface area contributed by atoms with Crippen molar-refractivity contribution in [3.8, 4) is 0 Å². The summed E-state index contributed by atoms with van der Waals surface area (Å²) >= 11 is 0. The van der Waals surface area contributed by atoms with E-state index in [-0.39, 0.29) is 18.1 Å². The van der Waals surface area contributed by atoms with Crippen LogP contribution in [0.5, 0.6) is 0 Å². The molecule has 1 aromatic carbocycles. The van der Waals surface area contributed by atoms with E-state index in [1.165, 1.54) is 12.1 Å². The molecule has 0 spiro atoms. The minimum absolute atomic E-state index is 0.0453. The number of fused-ring (bicyclic) bond motifs is 1. The van der Waals surface area contributed by atoms with Crippen molar-refractivity contribution in [2.24, 2.45) is 5.92 Å². The molecular weight excluding hydrogens is 260 g/mol. The van der Waals surface area contributed by atoms with Crippen LogP contribution >= 0.6 is 0 Å². The molecule has 108 valence electrons. The Labute approximate surface area is 118 Å². The van der Waals surface area contributed by atoms with Crippen molar-refractivity contribution in [3.63, 3.8) is 0 Å². The third kappa shape index (κ3) is 2.86. The highest BCUT2D eigenvalue weighted by atomic mass is 19.1. The molecular formula is C14H19BFNO3. The smallest absolute Gasteiger partial charge is 0.423 e. The summed E-state index contributed by atoms with van der Waals surface area (Å²) in [5, 5.41) is 9.53. The first kappa shape index (κ1) is 15.0. The molecule has 1 aliphatic rings. The van der Waals surface area contributed by atoms with Gasteiger partial charge < -0.3 is 14.6 Å². The molecule has 1 heterocycles. The Morgan fingerprint density at radius 3 is 2.85 bits per heavy atom. The standard InChI is InChI=1S/C14H19BFNO3/c1-4-17(7-9(2)3)14(18)11-5-10-8-20-15(19)12(10)6-13(11)16/h5-6,9,19H,4,7-8H2,1-3H3. The Morgan fingerprint density at radius 1 is 1.55 bits per heavy atom. The van der Waals surface area contributed by atoms with Gasteiger partial charge in [0.05, 0.1) is 12.2 Å². The van der Waals surface area contributed by atoms with E-state index >= 15 is 0 Å². The van der Waals surface area contributed by atoms with Crippen molar-refractivity contribution < 1.29 is 18.9 Å². The molecule has 0 saturated carbocycles. The Hall–Kier alpha value is -1.40. The quantitative estimate of drug-likeness (QED) is 0.841. The summed E-state index contributed by atoms with van der Waals surface area (Å²) in [5.74, 6) is -0.607. The van der Waals surface area contributed by atoms with Crippen LogP contribution in [0.4, 0.5) is 4.39 Å². The van der Waals surface area contributed by atoms with Gasteiger partial charge in [0.2, 0.25) is 0 Å². The Kier molecular flexibility index (Phi) is 4.45. The number of benzene rings is 1. The third-order valence-electron chi connectivity index (χ3n) is 3.38. The molecule has 1 amide bonds. The van der Waals surface area contributed by atoms with E-state index in [1.807, 2.05) is 20.8 Å². The minimum atomic E-state index is -1.10. The Bertz CT molecular complexity index is 521. The first-order chi connectivity index (χ1) is 9.43. The maximum atomic E-state index is 14.1. The number of amides is 1. The van der Waals surface area contributed by atoms with Gasteiger partial charge in [-0.1, -0.05) is 13.8 Å². The summed E-state index contributed by atoms with van der Waals surface area (Å²) < 4.78 is 19.1. The lowest BCUT2D eigenvalue weighted by molar-refractivity contribution is 0.0741. The number of carbonyl (C=O) groups is 1. The number of nitrogens with zero attached hydrogens (tertiary/aromatic N) is 1. The molecule has 1 aromatic rings. The van der Waals surface area contributed by atoms with Crippen LogP contribution in [0.1, 0.15) is 36.7 Å². The van der Waals surface area contributed by atoms with E-state index in [2.05, 4.69) is 0 Å². The predicted molar refractivity (Wildman–Crippen MR) is 75.2 cm³/mol. The second-order valence-corrected chi connectivity index (χ2v) is 5.43. The van der Waals surface area contributed by atoms with E-state index in [0.29, 0.717) is 30.0 Å². The fraction of sp³-hybridized carbons (Fsp3) is 0.500. The van der Waals surface area contributed by atoms with Gasteiger partial charge in [0.1, 0.15) is 5.82 Å². The van der Waals surface area contributed by atoms with Gasteiger partial charge in [-0.05, 0) is 36.0 Å². The van der Waals surface area contributed by atoms with Crippen molar-refractivity contribution in [1.29, 1.82) is 0 Å². The van der Waals surface area contributed by atoms with Crippen LogP contribution in [0.3, 0.4) is 0 Å². The fourth-order valence-electron chi connectivity index (χ4n) is 2.38. The number of hydrogen-bond donors (Lipinski definition) is 1. The third-order valence-corrected chi connectivity index (χ3v) is 3.38. The summed E-state index contributed by atoms with van der Waals surface area (Å²) in [6.45, 7) is 7.22.